The van der Waals surface area contributed by atoms with Crippen LogP contribution in [0.5, 0.6) is 0 Å². The molecule has 1 heterocycles. The maximum atomic E-state index is 12.4. The van der Waals surface area contributed by atoms with Gasteiger partial charge in [-0.05, 0) is 38.1 Å². The number of sulfonamides is 1. The number of nitrogen functional groups attached to an aromatic ring is 1. The van der Waals surface area contributed by atoms with E-state index in [1.165, 1.54) is 23.7 Å². The number of nitrogens with two attached hydrogens (primary N) is 1. The van der Waals surface area contributed by atoms with E-state index in [0.717, 1.165) is 0 Å². The van der Waals surface area contributed by atoms with E-state index >= 15 is 0 Å². The number of carbonyl (C=O) groups excluding carboxylic acids is 1. The second kappa shape index (κ2) is 5.21. The Morgan fingerprint density at radius 2 is 1.86 bits per heavy atom. The first-order valence-corrected chi connectivity index (χ1v) is 7.63. The van der Waals surface area contributed by atoms with Crippen LogP contribution in [0.1, 0.15) is 23.0 Å². The number of ketones is 1. The van der Waals surface area contributed by atoms with Gasteiger partial charge < -0.3 is 5.73 Å². The molecular weight excluding hydrogens is 292 g/mol. The highest BCUT2D eigenvalue weighted by atomic mass is 32.2. The van der Waals surface area contributed by atoms with Gasteiger partial charge in [0.05, 0.1) is 5.69 Å². The monoisotopic (exact) mass is 308 g/mol. The minimum Gasteiger partial charge on any atom is -0.381 e. The molecule has 0 aliphatic heterocycles. The van der Waals surface area contributed by atoms with Crippen LogP contribution < -0.4 is 10.5 Å². The number of benzene rings is 1. The van der Waals surface area contributed by atoms with E-state index in [-0.39, 0.29) is 16.5 Å². The Hall–Kier alpha value is -2.35. The molecule has 7 nitrogen and oxygen atoms in total. The zero-order valence-corrected chi connectivity index (χ0v) is 12.7. The second-order valence-electron chi connectivity index (χ2n) is 4.66. The van der Waals surface area contributed by atoms with Gasteiger partial charge >= 0.3 is 0 Å². The van der Waals surface area contributed by atoms with Gasteiger partial charge in [-0.2, -0.15) is 5.10 Å². The van der Waals surface area contributed by atoms with Crippen molar-refractivity contribution >= 4 is 27.3 Å². The van der Waals surface area contributed by atoms with Gasteiger partial charge in [0.1, 0.15) is 0 Å². The van der Waals surface area contributed by atoms with E-state index < -0.39 is 10.0 Å². The molecule has 1 aromatic carbocycles. The average molecular weight is 308 g/mol. The molecule has 0 saturated heterocycles. The van der Waals surface area contributed by atoms with Crippen LogP contribution in [-0.2, 0) is 17.1 Å². The predicted octanol–water partition coefficient (Wildman–Crippen LogP) is 1.31. The Morgan fingerprint density at radius 1 is 1.29 bits per heavy atom. The van der Waals surface area contributed by atoms with E-state index in [0.29, 0.717) is 16.9 Å². The molecule has 1 aromatic heterocycles. The van der Waals surface area contributed by atoms with E-state index in [1.54, 1.807) is 26.1 Å². The van der Waals surface area contributed by atoms with Gasteiger partial charge in [-0.15, -0.1) is 0 Å². The first-order chi connectivity index (χ1) is 9.72. The van der Waals surface area contributed by atoms with Crippen LogP contribution in [0.2, 0.25) is 0 Å². The number of hydrogen-bond acceptors (Lipinski definition) is 5. The van der Waals surface area contributed by atoms with Crippen LogP contribution >= 0.6 is 0 Å². The molecule has 0 aliphatic carbocycles. The summed E-state index contributed by atoms with van der Waals surface area (Å²) in [6.07, 6.45) is 0. The summed E-state index contributed by atoms with van der Waals surface area (Å²) in [6, 6.07) is 6.16. The summed E-state index contributed by atoms with van der Waals surface area (Å²) in [5, 5.41) is 3.89. The second-order valence-corrected chi connectivity index (χ2v) is 6.28. The molecule has 0 radical (unpaired) electrons. The van der Waals surface area contributed by atoms with Crippen molar-refractivity contribution in [2.24, 2.45) is 7.05 Å². The molecular formula is C13H16N4O3S. The molecule has 0 saturated carbocycles. The van der Waals surface area contributed by atoms with Crippen LogP contribution in [0.25, 0.3) is 0 Å². The summed E-state index contributed by atoms with van der Waals surface area (Å²) in [4.78, 5) is 11.1. The molecule has 0 amide bonds. The third kappa shape index (κ3) is 2.89. The molecule has 0 fully saturated rings. The Balaban J connectivity index is 2.35. The number of anilines is 2. The third-order valence-electron chi connectivity index (χ3n) is 3.12. The predicted molar refractivity (Wildman–Crippen MR) is 79.6 cm³/mol. The molecule has 0 unspecified atom stereocenters. The van der Waals surface area contributed by atoms with E-state index in [4.69, 9.17) is 5.73 Å². The fraction of sp³-hybridized carbons (Fsp3) is 0.231. The molecule has 8 heteroatoms. The summed E-state index contributed by atoms with van der Waals surface area (Å²) in [7, 11) is -2.21. The summed E-state index contributed by atoms with van der Waals surface area (Å²) in [6.45, 7) is 3.07. The largest absolute Gasteiger partial charge is 0.381 e. The SMILES string of the molecule is CC(=O)c1ccc(NS(=O)(=O)c2c(N)nn(C)c2C)cc1. The van der Waals surface area contributed by atoms with Gasteiger partial charge in [0.25, 0.3) is 10.0 Å². The Labute approximate surface area is 122 Å². The van der Waals surface area contributed by atoms with E-state index in [1.807, 2.05) is 0 Å². The van der Waals surface area contributed by atoms with Gasteiger partial charge in [0.2, 0.25) is 0 Å². The molecule has 21 heavy (non-hydrogen) atoms. The number of nitrogens with one attached hydrogen (secondary N) is 1. The van der Waals surface area contributed by atoms with Crippen LogP contribution in [0.3, 0.4) is 0 Å². The van der Waals surface area contributed by atoms with Crippen molar-refractivity contribution in [3.8, 4) is 0 Å². The minimum absolute atomic E-state index is 0.0411. The smallest absolute Gasteiger partial charge is 0.267 e. The number of rotatable bonds is 4. The van der Waals surface area contributed by atoms with Crippen molar-refractivity contribution in [3.63, 3.8) is 0 Å². The number of carbonyl (C=O) groups is 1. The molecule has 112 valence electrons. The quantitative estimate of drug-likeness (QED) is 0.828. The lowest BCUT2D eigenvalue weighted by Gasteiger charge is -2.08. The zero-order chi connectivity index (χ0) is 15.8. The molecule has 0 aliphatic rings. The van der Waals surface area contributed by atoms with Crippen molar-refractivity contribution in [3.05, 3.63) is 35.5 Å². The van der Waals surface area contributed by atoms with Crippen LogP contribution in [0, 0.1) is 6.92 Å². The fourth-order valence-corrected chi connectivity index (χ4v) is 3.31. The first-order valence-electron chi connectivity index (χ1n) is 6.15. The third-order valence-corrected chi connectivity index (χ3v) is 4.66. The minimum atomic E-state index is -3.83. The van der Waals surface area contributed by atoms with Crippen LogP contribution in [-0.4, -0.2) is 24.0 Å². The topological polar surface area (TPSA) is 107 Å². The van der Waals surface area contributed by atoms with Gasteiger partial charge in [0.15, 0.2) is 16.5 Å². The lowest BCUT2D eigenvalue weighted by atomic mass is 10.1. The van der Waals surface area contributed by atoms with Gasteiger partial charge in [-0.25, -0.2) is 8.42 Å². The van der Waals surface area contributed by atoms with Crippen LogP contribution in [0.4, 0.5) is 11.5 Å². The van der Waals surface area contributed by atoms with Gasteiger partial charge in [0, 0.05) is 18.3 Å². The number of aromatic nitrogens is 2. The molecule has 0 atom stereocenters. The Morgan fingerprint density at radius 3 is 2.29 bits per heavy atom. The summed E-state index contributed by atoms with van der Waals surface area (Å²) in [5.41, 5.74) is 6.95. The molecule has 0 bridgehead atoms. The Bertz CT molecular complexity index is 792. The maximum absolute atomic E-state index is 12.4. The molecule has 2 aromatic rings. The highest BCUT2D eigenvalue weighted by Crippen LogP contribution is 2.24. The number of Topliss-reactive ketones (excluding diaryl/α,β-unsaturated/α-hetero) is 1. The number of aryl methyl sites for hydroxylation is 1. The zero-order valence-electron chi connectivity index (χ0n) is 11.9. The Kier molecular flexibility index (Phi) is 3.73. The summed E-state index contributed by atoms with van der Waals surface area (Å²) in [5.74, 6) is -0.139. The standard InChI is InChI=1S/C13H16N4O3S/c1-8-12(13(14)15-17(8)3)21(19,20)16-11-6-4-10(5-7-11)9(2)18/h4-7,16H,1-3H3,(H2,14,15). The van der Waals surface area contributed by atoms with Crippen molar-refractivity contribution in [2.45, 2.75) is 18.7 Å². The summed E-state index contributed by atoms with van der Waals surface area (Å²) >= 11 is 0. The van der Waals surface area contributed by atoms with Crippen molar-refractivity contribution < 1.29 is 13.2 Å². The lowest BCUT2D eigenvalue weighted by molar-refractivity contribution is 0.101. The molecule has 3 N–H and O–H groups in total. The van der Waals surface area contributed by atoms with Gasteiger partial charge in [-0.1, -0.05) is 0 Å². The van der Waals surface area contributed by atoms with Crippen molar-refractivity contribution in [2.75, 3.05) is 10.5 Å². The van der Waals surface area contributed by atoms with Crippen molar-refractivity contribution in [1.82, 2.24) is 9.78 Å². The highest BCUT2D eigenvalue weighted by molar-refractivity contribution is 7.93. The van der Waals surface area contributed by atoms with Gasteiger partial charge in [-0.3, -0.25) is 14.2 Å². The fourth-order valence-electron chi connectivity index (χ4n) is 1.93. The lowest BCUT2D eigenvalue weighted by Crippen LogP contribution is -2.15. The maximum Gasteiger partial charge on any atom is 0.267 e. The van der Waals surface area contributed by atoms with E-state index in [9.17, 15) is 13.2 Å². The van der Waals surface area contributed by atoms with Crippen LogP contribution in [0.15, 0.2) is 29.2 Å². The highest BCUT2D eigenvalue weighted by Gasteiger charge is 2.24. The normalized spacial score (nSPS) is 11.4. The van der Waals surface area contributed by atoms with Crippen molar-refractivity contribution in [1.29, 1.82) is 0 Å². The average Bonchev–Trinajstić information content (AvgIpc) is 2.63. The summed E-state index contributed by atoms with van der Waals surface area (Å²) < 4.78 is 28.6. The van der Waals surface area contributed by atoms with E-state index in [2.05, 4.69) is 9.82 Å². The first kappa shape index (κ1) is 15.0. The number of nitrogens with zero attached hydrogens (tertiary/aromatic N) is 2. The number of hydrogen-bond donors (Lipinski definition) is 2. The molecule has 0 spiro atoms. The molecule has 2 rings (SSSR count).